The molecule has 0 bridgehead atoms. The number of aromatic amines is 1. The van der Waals surface area contributed by atoms with Gasteiger partial charge in [-0.1, -0.05) is 11.6 Å². The average molecular weight is 211 g/mol. The summed E-state index contributed by atoms with van der Waals surface area (Å²) in [7, 11) is 2.06. The molecule has 76 valence electrons. The summed E-state index contributed by atoms with van der Waals surface area (Å²) in [4.78, 5) is 3.13. The van der Waals surface area contributed by atoms with E-state index >= 15 is 0 Å². The first-order chi connectivity index (χ1) is 6.77. The number of rotatable bonds is 1. The van der Waals surface area contributed by atoms with Gasteiger partial charge in [0.1, 0.15) is 5.15 Å². The molecular formula is C11H15ClN2. The summed E-state index contributed by atoms with van der Waals surface area (Å²) < 4.78 is 0. The van der Waals surface area contributed by atoms with E-state index in [1.807, 2.05) is 0 Å². The van der Waals surface area contributed by atoms with Gasteiger partial charge in [-0.05, 0) is 49.3 Å². The number of aromatic nitrogens is 1. The Labute approximate surface area is 89.0 Å². The Morgan fingerprint density at radius 2 is 2.29 bits per heavy atom. The first kappa shape index (κ1) is 8.81. The van der Waals surface area contributed by atoms with Gasteiger partial charge < -0.3 is 10.3 Å². The maximum Gasteiger partial charge on any atom is 0.109 e. The van der Waals surface area contributed by atoms with Crippen molar-refractivity contribution in [2.75, 3.05) is 7.05 Å². The van der Waals surface area contributed by atoms with Gasteiger partial charge in [-0.25, -0.2) is 0 Å². The van der Waals surface area contributed by atoms with Crippen molar-refractivity contribution in [1.29, 1.82) is 0 Å². The minimum Gasteiger partial charge on any atom is -0.352 e. The zero-order valence-corrected chi connectivity index (χ0v) is 9.12. The molecule has 0 aromatic carbocycles. The van der Waals surface area contributed by atoms with Crippen LogP contribution in [0.15, 0.2) is 6.20 Å². The van der Waals surface area contributed by atoms with Crippen LogP contribution in [0.2, 0.25) is 5.15 Å². The van der Waals surface area contributed by atoms with Crippen LogP contribution < -0.4 is 5.32 Å². The lowest BCUT2D eigenvalue weighted by atomic mass is 9.79. The Bertz CT molecular complexity index is 365. The second kappa shape index (κ2) is 2.77. The Hall–Kier alpha value is -0.470. The third-order valence-corrected chi connectivity index (χ3v) is 4.28. The van der Waals surface area contributed by atoms with Crippen LogP contribution >= 0.6 is 11.6 Å². The summed E-state index contributed by atoms with van der Waals surface area (Å²) in [6, 6.07) is 0.523. The minimum absolute atomic E-state index is 0.523. The third-order valence-electron chi connectivity index (χ3n) is 3.94. The molecule has 1 aromatic rings. The van der Waals surface area contributed by atoms with E-state index in [1.54, 1.807) is 0 Å². The molecule has 2 aliphatic carbocycles. The first-order valence-corrected chi connectivity index (χ1v) is 5.67. The van der Waals surface area contributed by atoms with Crippen molar-refractivity contribution < 1.29 is 0 Å². The maximum absolute atomic E-state index is 6.11. The van der Waals surface area contributed by atoms with Gasteiger partial charge in [0.05, 0.1) is 0 Å². The molecule has 3 rings (SSSR count). The molecule has 0 saturated heterocycles. The van der Waals surface area contributed by atoms with Gasteiger partial charge in [-0.3, -0.25) is 0 Å². The summed E-state index contributed by atoms with van der Waals surface area (Å²) in [5.74, 6) is 0. The summed E-state index contributed by atoms with van der Waals surface area (Å²) in [5.41, 5.74) is 3.30. The molecule has 14 heavy (non-hydrogen) atoms. The fraction of sp³-hybridized carbons (Fsp3) is 0.636. The lowest BCUT2D eigenvalue weighted by Gasteiger charge is -2.31. The van der Waals surface area contributed by atoms with E-state index in [0.717, 1.165) is 11.6 Å². The first-order valence-electron chi connectivity index (χ1n) is 5.30. The SMILES string of the molecule is CNC1c2c[nH]c(Cl)c2CCC12CC2. The van der Waals surface area contributed by atoms with Crippen molar-refractivity contribution in [2.24, 2.45) is 5.41 Å². The van der Waals surface area contributed by atoms with Gasteiger partial charge in [0.15, 0.2) is 0 Å². The molecule has 1 spiro atoms. The van der Waals surface area contributed by atoms with E-state index in [-0.39, 0.29) is 0 Å². The lowest BCUT2D eigenvalue weighted by molar-refractivity contribution is 0.314. The van der Waals surface area contributed by atoms with Crippen LogP contribution in [0.5, 0.6) is 0 Å². The van der Waals surface area contributed by atoms with E-state index in [4.69, 9.17) is 11.6 Å². The van der Waals surface area contributed by atoms with Crippen molar-refractivity contribution in [3.05, 3.63) is 22.5 Å². The maximum atomic E-state index is 6.11. The Kier molecular flexibility index (Phi) is 1.74. The van der Waals surface area contributed by atoms with Crippen LogP contribution in [0.4, 0.5) is 0 Å². The highest BCUT2D eigenvalue weighted by Gasteiger charge is 2.51. The standard InChI is InChI=1S/C11H15ClN2/c1-13-9-8-6-14-10(12)7(8)2-3-11(9)4-5-11/h6,9,13-14H,2-5H2,1H3. The zero-order valence-electron chi connectivity index (χ0n) is 8.36. The second-order valence-electron chi connectivity index (χ2n) is 4.62. The number of nitrogens with one attached hydrogen (secondary N) is 2. The topological polar surface area (TPSA) is 27.8 Å². The molecule has 0 radical (unpaired) electrons. The smallest absolute Gasteiger partial charge is 0.109 e. The Balaban J connectivity index is 2.07. The molecule has 2 aliphatic rings. The normalized spacial score (nSPS) is 27.7. The lowest BCUT2D eigenvalue weighted by Crippen LogP contribution is -2.30. The van der Waals surface area contributed by atoms with Crippen LogP contribution in [-0.2, 0) is 6.42 Å². The van der Waals surface area contributed by atoms with E-state index < -0.39 is 0 Å². The zero-order chi connectivity index (χ0) is 9.76. The molecule has 0 amide bonds. The van der Waals surface area contributed by atoms with Crippen molar-refractivity contribution >= 4 is 11.6 Å². The molecule has 1 unspecified atom stereocenters. The van der Waals surface area contributed by atoms with Gasteiger partial charge in [-0.15, -0.1) is 0 Å². The van der Waals surface area contributed by atoms with Crippen molar-refractivity contribution in [1.82, 2.24) is 10.3 Å². The predicted molar refractivity (Wildman–Crippen MR) is 57.6 cm³/mol. The van der Waals surface area contributed by atoms with Gasteiger partial charge in [0, 0.05) is 12.2 Å². The fourth-order valence-electron chi connectivity index (χ4n) is 2.96. The number of fused-ring (bicyclic) bond motifs is 1. The molecule has 0 aliphatic heterocycles. The van der Waals surface area contributed by atoms with Gasteiger partial charge in [0.2, 0.25) is 0 Å². The molecule has 1 fully saturated rings. The molecule has 1 aromatic heterocycles. The van der Waals surface area contributed by atoms with Crippen LogP contribution in [0.3, 0.4) is 0 Å². The number of hydrogen-bond acceptors (Lipinski definition) is 1. The van der Waals surface area contributed by atoms with E-state index in [2.05, 4.69) is 23.5 Å². The van der Waals surface area contributed by atoms with Crippen LogP contribution in [-0.4, -0.2) is 12.0 Å². The fourth-order valence-corrected chi connectivity index (χ4v) is 3.22. The minimum atomic E-state index is 0.523. The molecule has 1 atom stereocenters. The second-order valence-corrected chi connectivity index (χ2v) is 5.00. The molecule has 2 nitrogen and oxygen atoms in total. The monoisotopic (exact) mass is 210 g/mol. The largest absolute Gasteiger partial charge is 0.352 e. The highest BCUT2D eigenvalue weighted by atomic mass is 35.5. The van der Waals surface area contributed by atoms with Crippen molar-refractivity contribution in [3.8, 4) is 0 Å². The van der Waals surface area contributed by atoms with Gasteiger partial charge >= 0.3 is 0 Å². The van der Waals surface area contributed by atoms with Crippen molar-refractivity contribution in [2.45, 2.75) is 31.7 Å². The Morgan fingerprint density at radius 3 is 2.93 bits per heavy atom. The summed E-state index contributed by atoms with van der Waals surface area (Å²) in [6.45, 7) is 0. The summed E-state index contributed by atoms with van der Waals surface area (Å²) in [5, 5.41) is 4.29. The molecule has 1 heterocycles. The summed E-state index contributed by atoms with van der Waals surface area (Å²) in [6.07, 6.45) is 7.28. The van der Waals surface area contributed by atoms with Gasteiger partial charge in [-0.2, -0.15) is 0 Å². The highest BCUT2D eigenvalue weighted by Crippen LogP contribution is 2.61. The van der Waals surface area contributed by atoms with E-state index in [1.165, 1.54) is 30.4 Å². The number of halogens is 1. The van der Waals surface area contributed by atoms with E-state index in [9.17, 15) is 0 Å². The molecule has 1 saturated carbocycles. The van der Waals surface area contributed by atoms with Crippen molar-refractivity contribution in [3.63, 3.8) is 0 Å². The van der Waals surface area contributed by atoms with Gasteiger partial charge in [0.25, 0.3) is 0 Å². The number of hydrogen-bond donors (Lipinski definition) is 2. The highest BCUT2D eigenvalue weighted by molar-refractivity contribution is 6.30. The molecule has 2 N–H and O–H groups in total. The predicted octanol–water partition coefficient (Wildman–Crippen LogP) is 2.66. The van der Waals surface area contributed by atoms with Crippen LogP contribution in [0, 0.1) is 5.41 Å². The Morgan fingerprint density at radius 1 is 1.50 bits per heavy atom. The average Bonchev–Trinajstić information content (AvgIpc) is 2.85. The molecular weight excluding hydrogens is 196 g/mol. The summed E-state index contributed by atoms with van der Waals surface area (Å²) >= 11 is 6.11. The quantitative estimate of drug-likeness (QED) is 0.733. The van der Waals surface area contributed by atoms with Crippen LogP contribution in [0.1, 0.15) is 36.4 Å². The number of H-pyrrole nitrogens is 1. The van der Waals surface area contributed by atoms with Crippen LogP contribution in [0.25, 0.3) is 0 Å². The third kappa shape index (κ3) is 1.01. The van der Waals surface area contributed by atoms with E-state index in [0.29, 0.717) is 11.5 Å². The molecule has 3 heteroatoms.